The first-order valence-corrected chi connectivity index (χ1v) is 9.48. The van der Waals surface area contributed by atoms with E-state index in [2.05, 4.69) is 53.8 Å². The van der Waals surface area contributed by atoms with E-state index in [0.29, 0.717) is 12.1 Å². The molecule has 0 saturated heterocycles. The van der Waals surface area contributed by atoms with E-state index in [1.807, 2.05) is 6.07 Å². The average Bonchev–Trinajstić information content (AvgIpc) is 2.69. The minimum absolute atomic E-state index is 0.390. The molecule has 0 spiro atoms. The molecule has 2 heteroatoms. The average molecular weight is 333 g/mol. The van der Waals surface area contributed by atoms with Crippen LogP contribution in [0.4, 0.5) is 0 Å². The first kappa shape index (κ1) is 16.4. The summed E-state index contributed by atoms with van der Waals surface area (Å²) in [5.74, 6) is 0.947. The molecule has 2 aliphatic rings. The van der Waals surface area contributed by atoms with Gasteiger partial charge in [0.25, 0.3) is 0 Å². The van der Waals surface area contributed by atoms with Crippen molar-refractivity contribution in [2.24, 2.45) is 0 Å². The SMILES string of the molecule is COc1cccc([C@@H]2CC3=C(CCCC3)[C@@H](Cc3ccccc3)N2)c1. The monoisotopic (exact) mass is 333 g/mol. The summed E-state index contributed by atoms with van der Waals surface area (Å²) in [5, 5.41) is 3.96. The van der Waals surface area contributed by atoms with Gasteiger partial charge in [0.05, 0.1) is 7.11 Å². The van der Waals surface area contributed by atoms with Gasteiger partial charge in [-0.1, -0.05) is 53.6 Å². The Bertz CT molecular complexity index is 750. The number of methoxy groups -OCH3 is 1. The van der Waals surface area contributed by atoms with E-state index in [0.717, 1.165) is 18.6 Å². The predicted octanol–water partition coefficient (Wildman–Crippen LogP) is 5.21. The molecule has 1 aliphatic carbocycles. The molecule has 0 saturated carbocycles. The molecule has 0 fully saturated rings. The Labute approximate surface area is 150 Å². The van der Waals surface area contributed by atoms with Gasteiger partial charge in [-0.15, -0.1) is 0 Å². The van der Waals surface area contributed by atoms with Crippen molar-refractivity contribution in [3.8, 4) is 5.75 Å². The molecule has 0 unspecified atom stereocenters. The number of ether oxygens (including phenoxy) is 1. The van der Waals surface area contributed by atoms with Crippen molar-refractivity contribution in [3.63, 3.8) is 0 Å². The van der Waals surface area contributed by atoms with Crippen molar-refractivity contribution in [3.05, 3.63) is 76.9 Å². The Balaban J connectivity index is 1.62. The van der Waals surface area contributed by atoms with E-state index in [-0.39, 0.29) is 0 Å². The Morgan fingerprint density at radius 2 is 1.84 bits per heavy atom. The van der Waals surface area contributed by atoms with Crippen LogP contribution in [0.1, 0.15) is 49.3 Å². The number of rotatable bonds is 4. The van der Waals surface area contributed by atoms with Crippen LogP contribution >= 0.6 is 0 Å². The van der Waals surface area contributed by atoms with Gasteiger partial charge in [-0.2, -0.15) is 0 Å². The summed E-state index contributed by atoms with van der Waals surface area (Å²) in [6.45, 7) is 0. The number of hydrogen-bond acceptors (Lipinski definition) is 2. The van der Waals surface area contributed by atoms with Gasteiger partial charge in [0, 0.05) is 12.1 Å². The summed E-state index contributed by atoms with van der Waals surface area (Å²) < 4.78 is 5.44. The highest BCUT2D eigenvalue weighted by Gasteiger charge is 2.30. The normalized spacial score (nSPS) is 23.2. The predicted molar refractivity (Wildman–Crippen MR) is 103 cm³/mol. The van der Waals surface area contributed by atoms with Gasteiger partial charge in [-0.3, -0.25) is 0 Å². The number of hydrogen-bond donors (Lipinski definition) is 1. The first-order valence-electron chi connectivity index (χ1n) is 9.48. The Morgan fingerprint density at radius 1 is 1.00 bits per heavy atom. The van der Waals surface area contributed by atoms with Gasteiger partial charge >= 0.3 is 0 Å². The van der Waals surface area contributed by atoms with Crippen LogP contribution in [0.5, 0.6) is 5.75 Å². The zero-order valence-electron chi connectivity index (χ0n) is 15.0. The summed E-state index contributed by atoms with van der Waals surface area (Å²) in [5.41, 5.74) is 6.16. The topological polar surface area (TPSA) is 21.3 Å². The summed E-state index contributed by atoms with van der Waals surface area (Å²) >= 11 is 0. The molecule has 0 bridgehead atoms. The molecule has 0 aromatic heterocycles. The van der Waals surface area contributed by atoms with Crippen LogP contribution in [0.3, 0.4) is 0 Å². The Morgan fingerprint density at radius 3 is 2.68 bits per heavy atom. The number of nitrogens with one attached hydrogen (secondary N) is 1. The second kappa shape index (κ2) is 7.45. The molecule has 1 aliphatic heterocycles. The zero-order chi connectivity index (χ0) is 17.1. The van der Waals surface area contributed by atoms with Gasteiger partial charge < -0.3 is 10.1 Å². The minimum atomic E-state index is 0.390. The lowest BCUT2D eigenvalue weighted by Gasteiger charge is -2.38. The molecule has 2 aromatic rings. The molecule has 130 valence electrons. The van der Waals surface area contributed by atoms with Crippen LogP contribution in [0, 0.1) is 0 Å². The van der Waals surface area contributed by atoms with Gasteiger partial charge in [0.15, 0.2) is 0 Å². The van der Waals surface area contributed by atoms with Gasteiger partial charge in [-0.25, -0.2) is 0 Å². The summed E-state index contributed by atoms with van der Waals surface area (Å²) in [6.07, 6.45) is 7.47. The lowest BCUT2D eigenvalue weighted by atomic mass is 9.78. The molecular weight excluding hydrogens is 306 g/mol. The van der Waals surface area contributed by atoms with Crippen molar-refractivity contribution >= 4 is 0 Å². The van der Waals surface area contributed by atoms with Crippen molar-refractivity contribution < 1.29 is 4.74 Å². The van der Waals surface area contributed by atoms with Crippen molar-refractivity contribution in [1.82, 2.24) is 5.32 Å². The molecule has 1 N–H and O–H groups in total. The van der Waals surface area contributed by atoms with E-state index in [4.69, 9.17) is 4.74 Å². The highest BCUT2D eigenvalue weighted by molar-refractivity contribution is 5.36. The molecule has 2 nitrogen and oxygen atoms in total. The van der Waals surface area contributed by atoms with Crippen LogP contribution in [-0.2, 0) is 6.42 Å². The molecule has 2 atom stereocenters. The van der Waals surface area contributed by atoms with E-state index >= 15 is 0 Å². The highest BCUT2D eigenvalue weighted by Crippen LogP contribution is 2.39. The third-order valence-corrected chi connectivity index (χ3v) is 5.68. The standard InChI is InChI=1S/C23H27NO/c1-25-20-12-7-11-19(15-20)22-16-18-10-5-6-13-21(18)23(24-22)14-17-8-3-2-4-9-17/h2-4,7-9,11-12,15,22-24H,5-6,10,13-14,16H2,1H3/t22-,23+/m0/s1. The second-order valence-electron chi connectivity index (χ2n) is 7.28. The van der Waals surface area contributed by atoms with Crippen LogP contribution in [0.25, 0.3) is 0 Å². The minimum Gasteiger partial charge on any atom is -0.497 e. The number of benzene rings is 2. The van der Waals surface area contributed by atoms with E-state index in [1.54, 1.807) is 18.3 Å². The van der Waals surface area contributed by atoms with Gasteiger partial charge in [-0.05, 0) is 61.8 Å². The molecule has 2 aromatic carbocycles. The maximum atomic E-state index is 5.44. The molecule has 4 rings (SSSR count). The van der Waals surface area contributed by atoms with Crippen LogP contribution in [-0.4, -0.2) is 13.2 Å². The maximum Gasteiger partial charge on any atom is 0.119 e. The fourth-order valence-corrected chi connectivity index (χ4v) is 4.40. The summed E-state index contributed by atoms with van der Waals surface area (Å²) in [6, 6.07) is 20.3. The summed E-state index contributed by atoms with van der Waals surface area (Å²) in [4.78, 5) is 0. The first-order chi connectivity index (χ1) is 12.3. The third kappa shape index (κ3) is 3.64. The van der Waals surface area contributed by atoms with Crippen LogP contribution < -0.4 is 10.1 Å². The van der Waals surface area contributed by atoms with E-state index in [1.165, 1.54) is 36.8 Å². The Hall–Kier alpha value is -2.06. The van der Waals surface area contributed by atoms with Crippen LogP contribution in [0.15, 0.2) is 65.7 Å². The largest absolute Gasteiger partial charge is 0.497 e. The Kier molecular flexibility index (Phi) is 4.89. The van der Waals surface area contributed by atoms with Crippen molar-refractivity contribution in [2.45, 2.75) is 50.6 Å². The molecular formula is C23H27NO. The van der Waals surface area contributed by atoms with Gasteiger partial charge in [0.1, 0.15) is 5.75 Å². The third-order valence-electron chi connectivity index (χ3n) is 5.68. The fraction of sp³-hybridized carbons (Fsp3) is 0.391. The second-order valence-corrected chi connectivity index (χ2v) is 7.28. The van der Waals surface area contributed by atoms with Crippen LogP contribution in [0.2, 0.25) is 0 Å². The molecule has 1 heterocycles. The highest BCUT2D eigenvalue weighted by atomic mass is 16.5. The fourth-order valence-electron chi connectivity index (χ4n) is 4.40. The maximum absolute atomic E-state index is 5.44. The van der Waals surface area contributed by atoms with Crippen molar-refractivity contribution in [2.75, 3.05) is 7.11 Å². The van der Waals surface area contributed by atoms with E-state index in [9.17, 15) is 0 Å². The lowest BCUT2D eigenvalue weighted by molar-refractivity contribution is 0.392. The smallest absolute Gasteiger partial charge is 0.119 e. The van der Waals surface area contributed by atoms with Gasteiger partial charge in [0.2, 0.25) is 0 Å². The lowest BCUT2D eigenvalue weighted by Crippen LogP contribution is -2.41. The summed E-state index contributed by atoms with van der Waals surface area (Å²) in [7, 11) is 1.74. The molecule has 0 radical (unpaired) electrons. The van der Waals surface area contributed by atoms with Crippen molar-refractivity contribution in [1.29, 1.82) is 0 Å². The molecule has 0 amide bonds. The zero-order valence-corrected chi connectivity index (χ0v) is 15.0. The quantitative estimate of drug-likeness (QED) is 0.775. The van der Waals surface area contributed by atoms with E-state index < -0.39 is 0 Å². The molecule has 25 heavy (non-hydrogen) atoms.